The van der Waals surface area contributed by atoms with Crippen LogP contribution < -0.4 is 9.62 Å². The number of carbonyl (C=O) groups excluding carboxylic acids is 1. The van der Waals surface area contributed by atoms with Gasteiger partial charge in [-0.25, -0.2) is 8.42 Å². The van der Waals surface area contributed by atoms with Crippen molar-refractivity contribution in [2.45, 2.75) is 25.3 Å². The molecule has 1 amide bonds. The molecule has 2 aliphatic heterocycles. The summed E-state index contributed by atoms with van der Waals surface area (Å²) in [6.45, 7) is 2.93. The summed E-state index contributed by atoms with van der Waals surface area (Å²) in [7, 11) is -3.22. The summed E-state index contributed by atoms with van der Waals surface area (Å²) in [6, 6.07) is 14.6. The van der Waals surface area contributed by atoms with Gasteiger partial charge in [-0.1, -0.05) is 29.8 Å². The fourth-order valence-electron chi connectivity index (χ4n) is 4.23. The first-order valence-electron chi connectivity index (χ1n) is 10.3. The van der Waals surface area contributed by atoms with E-state index in [0.29, 0.717) is 35.8 Å². The Kier molecular flexibility index (Phi) is 6.32. The highest BCUT2D eigenvalue weighted by molar-refractivity contribution is 7.93. The molecule has 1 atom stereocenters. The molecule has 2 heterocycles. The van der Waals surface area contributed by atoms with Gasteiger partial charge in [-0.05, 0) is 68.2 Å². The van der Waals surface area contributed by atoms with Crippen molar-refractivity contribution in [1.29, 1.82) is 0 Å². The Bertz CT molecular complexity index is 1000. The zero-order valence-corrected chi connectivity index (χ0v) is 18.3. The van der Waals surface area contributed by atoms with Crippen molar-refractivity contribution in [3.63, 3.8) is 0 Å². The van der Waals surface area contributed by atoms with Crippen LogP contribution in [0.15, 0.2) is 48.5 Å². The average Bonchev–Trinajstić information content (AvgIpc) is 3.39. The van der Waals surface area contributed by atoms with Gasteiger partial charge in [0.05, 0.1) is 17.5 Å². The quantitative estimate of drug-likeness (QED) is 0.736. The van der Waals surface area contributed by atoms with E-state index in [1.807, 2.05) is 24.3 Å². The van der Waals surface area contributed by atoms with Crippen LogP contribution in [0.25, 0.3) is 0 Å². The maximum Gasteiger partial charge on any atom is 0.251 e. The maximum absolute atomic E-state index is 12.7. The Hall–Kier alpha value is -2.09. The van der Waals surface area contributed by atoms with Gasteiger partial charge in [0, 0.05) is 23.7 Å². The summed E-state index contributed by atoms with van der Waals surface area (Å²) in [4.78, 5) is 15.1. The largest absolute Gasteiger partial charge is 0.350 e. The third-order valence-corrected chi connectivity index (χ3v) is 8.03. The number of hydrogen-bond acceptors (Lipinski definition) is 4. The van der Waals surface area contributed by atoms with Crippen molar-refractivity contribution in [2.24, 2.45) is 0 Å². The van der Waals surface area contributed by atoms with Crippen molar-refractivity contribution >= 4 is 33.2 Å². The second kappa shape index (κ2) is 8.96. The van der Waals surface area contributed by atoms with Crippen LogP contribution in [0, 0.1) is 0 Å². The molecule has 6 nitrogen and oxygen atoms in total. The number of carbonyl (C=O) groups is 1. The molecule has 160 valence electrons. The van der Waals surface area contributed by atoms with Crippen LogP contribution in [0.4, 0.5) is 5.69 Å². The average molecular weight is 448 g/mol. The fraction of sp³-hybridized carbons (Fsp3) is 0.409. The molecule has 0 spiro atoms. The maximum atomic E-state index is 12.7. The van der Waals surface area contributed by atoms with E-state index in [-0.39, 0.29) is 17.7 Å². The lowest BCUT2D eigenvalue weighted by Crippen LogP contribution is -2.37. The molecule has 0 aliphatic carbocycles. The van der Waals surface area contributed by atoms with Crippen LogP contribution in [-0.4, -0.2) is 51.2 Å². The highest BCUT2D eigenvalue weighted by Crippen LogP contribution is 2.30. The molecule has 0 saturated carbocycles. The summed E-state index contributed by atoms with van der Waals surface area (Å²) in [6.07, 6.45) is 2.93. The van der Waals surface area contributed by atoms with Crippen molar-refractivity contribution in [1.82, 2.24) is 10.2 Å². The molecule has 0 bridgehead atoms. The number of sulfonamides is 1. The molecule has 1 unspecified atom stereocenters. The van der Waals surface area contributed by atoms with Crippen LogP contribution in [0.1, 0.15) is 41.2 Å². The minimum atomic E-state index is -3.22. The van der Waals surface area contributed by atoms with Crippen LogP contribution in [0.2, 0.25) is 5.02 Å². The van der Waals surface area contributed by atoms with Crippen molar-refractivity contribution < 1.29 is 13.2 Å². The summed E-state index contributed by atoms with van der Waals surface area (Å²) in [5.41, 5.74) is 2.14. The lowest BCUT2D eigenvalue weighted by molar-refractivity contribution is 0.0938. The standard InChI is InChI=1S/C22H26ClN3O3S/c23-20-7-2-1-6-19(20)21(25-12-3-4-13-25)16-24-22(27)17-8-10-18(11-9-17)26-14-5-15-30(26,28)29/h1-2,6-11,21H,3-5,12-16H2,(H,24,27). The van der Waals surface area contributed by atoms with Gasteiger partial charge >= 0.3 is 0 Å². The van der Waals surface area contributed by atoms with Gasteiger partial charge in [-0.3, -0.25) is 14.0 Å². The third-order valence-electron chi connectivity index (χ3n) is 5.82. The Balaban J connectivity index is 1.45. The number of halogens is 1. The second-order valence-corrected chi connectivity index (χ2v) is 10.2. The summed E-state index contributed by atoms with van der Waals surface area (Å²) < 4.78 is 25.6. The zero-order valence-electron chi connectivity index (χ0n) is 16.8. The van der Waals surface area contributed by atoms with Crippen LogP contribution >= 0.6 is 11.6 Å². The molecule has 30 heavy (non-hydrogen) atoms. The topological polar surface area (TPSA) is 69.7 Å². The minimum absolute atomic E-state index is 0.0270. The monoisotopic (exact) mass is 447 g/mol. The molecule has 0 radical (unpaired) electrons. The molecule has 2 aliphatic rings. The van der Waals surface area contributed by atoms with Gasteiger partial charge in [-0.15, -0.1) is 0 Å². The first-order valence-corrected chi connectivity index (χ1v) is 12.3. The van der Waals surface area contributed by atoms with Crippen molar-refractivity contribution in [2.75, 3.05) is 36.2 Å². The van der Waals surface area contributed by atoms with Gasteiger partial charge < -0.3 is 5.32 Å². The fourth-order valence-corrected chi connectivity index (χ4v) is 6.06. The second-order valence-electron chi connectivity index (χ2n) is 7.78. The lowest BCUT2D eigenvalue weighted by Gasteiger charge is -2.29. The molecule has 0 aromatic heterocycles. The summed E-state index contributed by atoms with van der Waals surface area (Å²) in [5, 5.41) is 3.74. The molecule has 8 heteroatoms. The summed E-state index contributed by atoms with van der Waals surface area (Å²) >= 11 is 6.44. The van der Waals surface area contributed by atoms with Gasteiger partial charge in [-0.2, -0.15) is 0 Å². The number of benzene rings is 2. The molecule has 4 rings (SSSR count). The molecule has 2 aromatic rings. The van der Waals surface area contributed by atoms with E-state index in [1.165, 1.54) is 4.31 Å². The molecular weight excluding hydrogens is 422 g/mol. The van der Waals surface area contributed by atoms with Crippen LogP contribution in [0.5, 0.6) is 0 Å². The van der Waals surface area contributed by atoms with Gasteiger partial charge in [0.2, 0.25) is 10.0 Å². The van der Waals surface area contributed by atoms with E-state index in [4.69, 9.17) is 11.6 Å². The van der Waals surface area contributed by atoms with E-state index in [2.05, 4.69) is 10.2 Å². The third kappa shape index (κ3) is 4.48. The Morgan fingerprint density at radius 2 is 1.70 bits per heavy atom. The van der Waals surface area contributed by atoms with Crippen molar-refractivity contribution in [3.05, 3.63) is 64.7 Å². The van der Waals surface area contributed by atoms with Crippen LogP contribution in [0.3, 0.4) is 0 Å². The first kappa shape index (κ1) is 21.2. The molecular formula is C22H26ClN3O3S. The number of rotatable bonds is 6. The number of nitrogens with one attached hydrogen (secondary N) is 1. The predicted octanol–water partition coefficient (Wildman–Crippen LogP) is 3.45. The summed E-state index contributed by atoms with van der Waals surface area (Å²) in [5.74, 6) is -0.00286. The van der Waals surface area contributed by atoms with Gasteiger partial charge in [0.15, 0.2) is 0 Å². The minimum Gasteiger partial charge on any atom is -0.350 e. The number of amides is 1. The highest BCUT2D eigenvalue weighted by atomic mass is 35.5. The first-order chi connectivity index (χ1) is 14.5. The predicted molar refractivity (Wildman–Crippen MR) is 120 cm³/mol. The van der Waals surface area contributed by atoms with E-state index in [9.17, 15) is 13.2 Å². The van der Waals surface area contributed by atoms with Crippen LogP contribution in [-0.2, 0) is 10.0 Å². The van der Waals surface area contributed by atoms with E-state index < -0.39 is 10.0 Å². The molecule has 1 N–H and O–H groups in total. The van der Waals surface area contributed by atoms with Gasteiger partial charge in [0.25, 0.3) is 5.91 Å². The smallest absolute Gasteiger partial charge is 0.251 e. The normalized spacial score (nSPS) is 19.7. The van der Waals surface area contributed by atoms with E-state index in [0.717, 1.165) is 31.5 Å². The Morgan fingerprint density at radius 1 is 1.00 bits per heavy atom. The zero-order chi connectivity index (χ0) is 21.1. The Labute approximate surface area is 182 Å². The molecule has 2 saturated heterocycles. The van der Waals surface area contributed by atoms with Crippen molar-refractivity contribution in [3.8, 4) is 0 Å². The lowest BCUT2D eigenvalue weighted by atomic mass is 10.0. The number of anilines is 1. The number of nitrogens with zero attached hydrogens (tertiary/aromatic N) is 2. The molecule has 2 fully saturated rings. The number of hydrogen-bond donors (Lipinski definition) is 1. The SMILES string of the molecule is O=C(NCC(c1ccccc1Cl)N1CCCC1)c1ccc(N2CCCS2(=O)=O)cc1. The van der Waals surface area contributed by atoms with Gasteiger partial charge in [0.1, 0.15) is 0 Å². The highest BCUT2D eigenvalue weighted by Gasteiger charge is 2.29. The Morgan fingerprint density at radius 3 is 2.33 bits per heavy atom. The number of likely N-dealkylation sites (tertiary alicyclic amines) is 1. The van der Waals surface area contributed by atoms with E-state index >= 15 is 0 Å². The molecule has 2 aromatic carbocycles. The van der Waals surface area contributed by atoms with E-state index in [1.54, 1.807) is 24.3 Å².